The lowest BCUT2D eigenvalue weighted by molar-refractivity contribution is 0.162. The summed E-state index contributed by atoms with van der Waals surface area (Å²) < 4.78 is 67.5. The monoisotopic (exact) mass is 217 g/mol. The van der Waals surface area contributed by atoms with Gasteiger partial charge in [-0.2, -0.15) is 0 Å². The number of aromatic nitrogens is 1. The maximum atomic E-state index is 10.2. The zero-order valence-corrected chi connectivity index (χ0v) is 8.41. The summed E-state index contributed by atoms with van der Waals surface area (Å²) in [6.45, 7) is -9.02. The maximum Gasteiger partial charge on any atom is 0.0932 e. The van der Waals surface area contributed by atoms with Gasteiger partial charge in [0.1, 0.15) is 0 Å². The van der Waals surface area contributed by atoms with Crippen LogP contribution in [0.1, 0.15) is 50.3 Å². The summed E-state index contributed by atoms with van der Waals surface area (Å²) in [5.41, 5.74) is -2.35. The van der Waals surface area contributed by atoms with Gasteiger partial charge in [0.2, 0.25) is 0 Å². The Labute approximate surface area is 104 Å². The second-order valence-corrected chi connectivity index (χ2v) is 3.32. The summed E-state index contributed by atoms with van der Waals surface area (Å²) in [5, 5.41) is 12.3. The molecule has 0 aliphatic rings. The first kappa shape index (κ1) is 4.52. The van der Waals surface area contributed by atoms with Gasteiger partial charge < -0.3 is 10.4 Å². The third-order valence-electron chi connectivity index (χ3n) is 1.97. The van der Waals surface area contributed by atoms with Gasteiger partial charge >= 0.3 is 0 Å². The molecular formula is C12H20N2O. The van der Waals surface area contributed by atoms with Crippen LogP contribution >= 0.6 is 0 Å². The first-order chi connectivity index (χ1) is 10.6. The van der Waals surface area contributed by atoms with E-state index in [1.54, 1.807) is 13.0 Å². The molecule has 0 radical (unpaired) electrons. The van der Waals surface area contributed by atoms with Crippen LogP contribution in [0, 0.1) is 6.92 Å². The van der Waals surface area contributed by atoms with Crippen LogP contribution in [-0.4, -0.2) is 22.2 Å². The van der Waals surface area contributed by atoms with Gasteiger partial charge in [0.05, 0.1) is 6.10 Å². The summed E-state index contributed by atoms with van der Waals surface area (Å²) in [4.78, 5) is 3.97. The minimum atomic E-state index is -3.35. The summed E-state index contributed by atoms with van der Waals surface area (Å²) in [7, 11) is 0. The zero-order valence-electron chi connectivity index (χ0n) is 17.4. The van der Waals surface area contributed by atoms with E-state index < -0.39 is 38.7 Å². The number of hydrogen-bond acceptors (Lipinski definition) is 3. The standard InChI is InChI=1S/C12H20N2O/c1-9-10(6-5-7-13-9)11(15)8-14-12(2,3)4/h5-7,11,14-15H,8H2,1-4H3/i2D3,3D3,4D3. The normalized spacial score (nSPS) is 25.3. The molecule has 0 spiro atoms. The molecule has 0 aliphatic heterocycles. The highest BCUT2D eigenvalue weighted by atomic mass is 16.3. The van der Waals surface area contributed by atoms with Crippen molar-refractivity contribution in [2.24, 2.45) is 0 Å². The van der Waals surface area contributed by atoms with Crippen LogP contribution in [0.4, 0.5) is 0 Å². The third-order valence-corrected chi connectivity index (χ3v) is 1.97. The molecule has 1 unspecified atom stereocenters. The fraction of sp³-hybridized carbons (Fsp3) is 0.583. The molecular weight excluding hydrogens is 188 g/mol. The lowest BCUT2D eigenvalue weighted by atomic mass is 10.1. The molecule has 2 N–H and O–H groups in total. The molecule has 0 amide bonds. The van der Waals surface area contributed by atoms with Gasteiger partial charge in [-0.25, -0.2) is 0 Å². The SMILES string of the molecule is [2H]C([2H])([2H])C(NCC(O)c1cccnc1C)(C([2H])([2H])[2H])C([2H])([2H])[2H]. The summed E-state index contributed by atoms with van der Waals surface area (Å²) in [5.74, 6) is 0. The minimum absolute atomic E-state index is 0.348. The van der Waals surface area contributed by atoms with Crippen LogP contribution < -0.4 is 5.32 Å². The van der Waals surface area contributed by atoms with Crippen molar-refractivity contribution in [3.63, 3.8) is 0 Å². The lowest BCUT2D eigenvalue weighted by Crippen LogP contribution is -2.38. The van der Waals surface area contributed by atoms with Crippen molar-refractivity contribution in [2.45, 2.75) is 39.1 Å². The zero-order chi connectivity index (χ0) is 19.0. The molecule has 0 saturated heterocycles. The molecule has 1 aromatic heterocycles. The maximum absolute atomic E-state index is 10.2. The van der Waals surface area contributed by atoms with Crippen molar-refractivity contribution in [1.29, 1.82) is 0 Å². The Hall–Kier alpha value is -0.930. The Morgan fingerprint density at radius 3 is 2.93 bits per heavy atom. The minimum Gasteiger partial charge on any atom is -0.387 e. The van der Waals surface area contributed by atoms with Gasteiger partial charge in [0.25, 0.3) is 0 Å². The molecule has 1 aromatic rings. The summed E-state index contributed by atoms with van der Waals surface area (Å²) in [6, 6.07) is 3.09. The topological polar surface area (TPSA) is 45.1 Å². The van der Waals surface area contributed by atoms with E-state index in [1.807, 2.05) is 0 Å². The molecule has 1 atom stereocenters. The molecule has 0 aromatic carbocycles. The first-order valence-corrected chi connectivity index (χ1v) is 4.50. The van der Waals surface area contributed by atoms with Gasteiger partial charge in [-0.1, -0.05) is 6.07 Å². The highest BCUT2D eigenvalue weighted by Crippen LogP contribution is 2.15. The second kappa shape index (κ2) is 4.73. The van der Waals surface area contributed by atoms with E-state index in [2.05, 4.69) is 10.3 Å². The molecule has 1 rings (SSSR count). The number of hydrogen-bond donors (Lipinski definition) is 2. The number of rotatable bonds is 3. The van der Waals surface area contributed by atoms with Gasteiger partial charge in [0.15, 0.2) is 0 Å². The Kier molecular flexibility index (Phi) is 1.42. The molecule has 0 bridgehead atoms. The summed E-state index contributed by atoms with van der Waals surface area (Å²) in [6.07, 6.45) is 0.182. The molecule has 84 valence electrons. The predicted molar refractivity (Wildman–Crippen MR) is 61.7 cm³/mol. The van der Waals surface area contributed by atoms with Crippen molar-refractivity contribution in [2.75, 3.05) is 6.54 Å². The average molecular weight is 217 g/mol. The second-order valence-electron chi connectivity index (χ2n) is 3.32. The van der Waals surface area contributed by atoms with Crippen molar-refractivity contribution < 1.29 is 17.4 Å². The number of nitrogens with one attached hydrogen (secondary N) is 1. The van der Waals surface area contributed by atoms with Gasteiger partial charge in [0, 0.05) is 41.9 Å². The number of β-amino-alcohol motifs (C(OH)–C–C–N with tert-alkyl or cyclic N) is 1. The van der Waals surface area contributed by atoms with E-state index >= 15 is 0 Å². The number of aryl methyl sites for hydroxylation is 1. The molecule has 3 nitrogen and oxygen atoms in total. The molecule has 0 aliphatic carbocycles. The Bertz CT molecular complexity index is 529. The van der Waals surface area contributed by atoms with Crippen molar-refractivity contribution >= 4 is 0 Å². The molecule has 3 heteroatoms. The molecule has 1 heterocycles. The van der Waals surface area contributed by atoms with Crippen LogP contribution in [0.15, 0.2) is 18.3 Å². The predicted octanol–water partition coefficient (Wildman–Crippen LogP) is 1.81. The van der Waals surface area contributed by atoms with Crippen LogP contribution in [-0.2, 0) is 0 Å². The van der Waals surface area contributed by atoms with E-state index in [0.717, 1.165) is 0 Å². The van der Waals surface area contributed by atoms with Crippen LogP contribution in [0.5, 0.6) is 0 Å². The lowest BCUT2D eigenvalue weighted by Gasteiger charge is -2.23. The van der Waals surface area contributed by atoms with E-state index in [-0.39, 0.29) is 0 Å². The van der Waals surface area contributed by atoms with E-state index in [4.69, 9.17) is 12.3 Å². The number of nitrogens with zero attached hydrogens (tertiary/aromatic N) is 1. The van der Waals surface area contributed by atoms with Gasteiger partial charge in [-0.05, 0) is 33.5 Å². The molecule has 0 saturated carbocycles. The van der Waals surface area contributed by atoms with Crippen LogP contribution in [0.25, 0.3) is 0 Å². The largest absolute Gasteiger partial charge is 0.387 e. The van der Waals surface area contributed by atoms with Crippen molar-refractivity contribution in [3.8, 4) is 0 Å². The Morgan fingerprint density at radius 2 is 2.33 bits per heavy atom. The van der Waals surface area contributed by atoms with Gasteiger partial charge in [-0.15, -0.1) is 0 Å². The average Bonchev–Trinajstić information content (AvgIpc) is 2.34. The van der Waals surface area contributed by atoms with E-state index in [1.165, 1.54) is 12.3 Å². The quantitative estimate of drug-likeness (QED) is 0.811. The fourth-order valence-electron chi connectivity index (χ4n) is 1.21. The Balaban J connectivity index is 3.23. The van der Waals surface area contributed by atoms with Crippen LogP contribution in [0.2, 0.25) is 0 Å². The van der Waals surface area contributed by atoms with Crippen LogP contribution in [0.3, 0.4) is 0 Å². The van der Waals surface area contributed by atoms with E-state index in [9.17, 15) is 5.11 Å². The highest BCUT2D eigenvalue weighted by molar-refractivity contribution is 5.21. The first-order valence-electron chi connectivity index (χ1n) is 9.00. The smallest absolute Gasteiger partial charge is 0.0932 e. The molecule has 0 fully saturated rings. The number of aliphatic hydroxyl groups excluding tert-OH is 1. The Morgan fingerprint density at radius 1 is 1.60 bits per heavy atom. The van der Waals surface area contributed by atoms with Crippen molar-refractivity contribution in [1.82, 2.24) is 10.3 Å². The number of pyridine rings is 1. The highest BCUT2D eigenvalue weighted by Gasteiger charge is 2.14. The third kappa shape index (κ3) is 3.98. The van der Waals surface area contributed by atoms with Gasteiger partial charge in [-0.3, -0.25) is 4.98 Å². The van der Waals surface area contributed by atoms with Crippen molar-refractivity contribution in [3.05, 3.63) is 29.6 Å². The number of aliphatic hydroxyl groups is 1. The fourth-order valence-corrected chi connectivity index (χ4v) is 1.21. The molecule has 15 heavy (non-hydrogen) atoms. The van der Waals surface area contributed by atoms with E-state index in [0.29, 0.717) is 11.3 Å². The summed E-state index contributed by atoms with van der Waals surface area (Å²) >= 11 is 0.